The van der Waals surface area contributed by atoms with Crippen LogP contribution in [0.25, 0.3) is 0 Å². The topological polar surface area (TPSA) is 114 Å². The van der Waals surface area contributed by atoms with Crippen LogP contribution in [-0.4, -0.2) is 54.5 Å². The number of anilines is 1. The van der Waals surface area contributed by atoms with Gasteiger partial charge in [-0.3, -0.25) is 19.3 Å². The third kappa shape index (κ3) is 4.49. The number of hydrogen-bond acceptors (Lipinski definition) is 6. The molecule has 3 rings (SSSR count). The Kier molecular flexibility index (Phi) is 6.05. The highest BCUT2D eigenvalue weighted by Crippen LogP contribution is 2.33. The SMILES string of the molecule is COc1ccc(C)cc1NC(=O)COC(=O)CN1C(=O)NC2(CCCCC2)C1=O. The highest BCUT2D eigenvalue weighted by molar-refractivity contribution is 6.08. The number of hydrogen-bond donors (Lipinski definition) is 2. The van der Waals surface area contributed by atoms with Gasteiger partial charge in [0.1, 0.15) is 17.8 Å². The Balaban J connectivity index is 1.52. The van der Waals surface area contributed by atoms with Crippen molar-refractivity contribution in [1.82, 2.24) is 10.2 Å². The Hall–Kier alpha value is -3.10. The molecule has 9 nitrogen and oxygen atoms in total. The second kappa shape index (κ2) is 8.50. The molecule has 1 spiro atoms. The third-order valence-electron chi connectivity index (χ3n) is 5.23. The maximum Gasteiger partial charge on any atom is 0.326 e. The summed E-state index contributed by atoms with van der Waals surface area (Å²) in [6.45, 7) is 0.810. The van der Waals surface area contributed by atoms with Crippen molar-refractivity contribution in [3.63, 3.8) is 0 Å². The molecule has 1 aliphatic heterocycles. The number of amides is 4. The van der Waals surface area contributed by atoms with Crippen molar-refractivity contribution in [1.29, 1.82) is 0 Å². The molecule has 0 bridgehead atoms. The Morgan fingerprint density at radius 3 is 2.62 bits per heavy atom. The molecular weight excluding hydrogens is 378 g/mol. The van der Waals surface area contributed by atoms with Crippen LogP contribution >= 0.6 is 0 Å². The number of nitrogens with one attached hydrogen (secondary N) is 2. The zero-order valence-corrected chi connectivity index (χ0v) is 16.6. The van der Waals surface area contributed by atoms with Gasteiger partial charge in [0.25, 0.3) is 11.8 Å². The van der Waals surface area contributed by atoms with Gasteiger partial charge < -0.3 is 20.1 Å². The molecule has 1 aromatic rings. The van der Waals surface area contributed by atoms with Gasteiger partial charge in [-0.05, 0) is 37.5 Å². The van der Waals surface area contributed by atoms with E-state index in [1.807, 2.05) is 13.0 Å². The lowest BCUT2D eigenvalue weighted by atomic mass is 9.82. The van der Waals surface area contributed by atoms with Gasteiger partial charge >= 0.3 is 12.0 Å². The quantitative estimate of drug-likeness (QED) is 0.552. The van der Waals surface area contributed by atoms with E-state index in [0.717, 1.165) is 29.7 Å². The normalized spacial score (nSPS) is 17.8. The van der Waals surface area contributed by atoms with E-state index < -0.39 is 42.5 Å². The molecule has 0 unspecified atom stereocenters. The Morgan fingerprint density at radius 1 is 1.21 bits per heavy atom. The van der Waals surface area contributed by atoms with Gasteiger partial charge in [-0.15, -0.1) is 0 Å². The lowest BCUT2D eigenvalue weighted by Crippen LogP contribution is -2.48. The molecule has 4 amide bonds. The number of imide groups is 1. The molecule has 156 valence electrons. The predicted octanol–water partition coefficient (Wildman–Crippen LogP) is 1.74. The van der Waals surface area contributed by atoms with Crippen LogP contribution in [-0.2, 0) is 19.1 Å². The molecule has 2 N–H and O–H groups in total. The van der Waals surface area contributed by atoms with Gasteiger partial charge in [-0.2, -0.15) is 0 Å². The first-order valence-electron chi connectivity index (χ1n) is 9.59. The standard InChI is InChI=1S/C20H25N3O6/c1-13-6-7-15(28-2)14(10-13)21-16(24)12-29-17(25)11-23-18(26)20(22-19(23)27)8-4-3-5-9-20/h6-7,10H,3-5,8-9,11-12H2,1-2H3,(H,21,24)(H,22,27). The number of aryl methyl sites for hydroxylation is 1. The van der Waals surface area contributed by atoms with Crippen LogP contribution in [0.3, 0.4) is 0 Å². The van der Waals surface area contributed by atoms with Crippen molar-refractivity contribution in [2.45, 2.75) is 44.6 Å². The third-order valence-corrected chi connectivity index (χ3v) is 5.23. The number of rotatable bonds is 6. The fourth-order valence-electron chi connectivity index (χ4n) is 3.74. The van der Waals surface area contributed by atoms with Crippen molar-refractivity contribution in [3.8, 4) is 5.75 Å². The summed E-state index contributed by atoms with van der Waals surface area (Å²) in [6.07, 6.45) is 3.88. The average molecular weight is 403 g/mol. The van der Waals surface area contributed by atoms with E-state index in [0.29, 0.717) is 24.3 Å². The Morgan fingerprint density at radius 2 is 1.93 bits per heavy atom. The van der Waals surface area contributed by atoms with Gasteiger partial charge in [-0.25, -0.2) is 4.79 Å². The largest absolute Gasteiger partial charge is 0.495 e. The molecule has 0 aromatic heterocycles. The maximum atomic E-state index is 12.7. The number of esters is 1. The van der Waals surface area contributed by atoms with Gasteiger partial charge in [0.2, 0.25) is 0 Å². The summed E-state index contributed by atoms with van der Waals surface area (Å²) in [7, 11) is 1.48. The minimum atomic E-state index is -0.894. The Bertz CT molecular complexity index is 832. The zero-order valence-electron chi connectivity index (χ0n) is 16.6. The minimum Gasteiger partial charge on any atom is -0.495 e. The van der Waals surface area contributed by atoms with Gasteiger partial charge in [0.15, 0.2) is 6.61 Å². The van der Waals surface area contributed by atoms with Crippen molar-refractivity contribution in [3.05, 3.63) is 23.8 Å². The predicted molar refractivity (Wildman–Crippen MR) is 103 cm³/mol. The zero-order chi connectivity index (χ0) is 21.0. The molecule has 0 atom stereocenters. The van der Waals surface area contributed by atoms with E-state index in [1.54, 1.807) is 12.1 Å². The van der Waals surface area contributed by atoms with Crippen LogP contribution in [0.4, 0.5) is 10.5 Å². The molecule has 9 heteroatoms. The van der Waals surface area contributed by atoms with Gasteiger partial charge in [0, 0.05) is 0 Å². The fourth-order valence-corrected chi connectivity index (χ4v) is 3.74. The number of urea groups is 1. The number of nitrogens with zero attached hydrogens (tertiary/aromatic N) is 1. The molecule has 1 saturated heterocycles. The summed E-state index contributed by atoms with van der Waals surface area (Å²) < 4.78 is 10.1. The minimum absolute atomic E-state index is 0.395. The van der Waals surface area contributed by atoms with E-state index in [2.05, 4.69) is 10.6 Å². The molecule has 2 aliphatic rings. The highest BCUT2D eigenvalue weighted by atomic mass is 16.5. The number of carbonyl (C=O) groups is 4. The first-order valence-corrected chi connectivity index (χ1v) is 9.59. The molecular formula is C20H25N3O6. The van der Waals surface area contributed by atoms with Crippen molar-refractivity contribution in [2.75, 3.05) is 25.6 Å². The van der Waals surface area contributed by atoms with Gasteiger partial charge in [-0.1, -0.05) is 25.3 Å². The second-order valence-corrected chi connectivity index (χ2v) is 7.38. The smallest absolute Gasteiger partial charge is 0.326 e. The van der Waals surface area contributed by atoms with E-state index in [-0.39, 0.29) is 0 Å². The number of methoxy groups -OCH3 is 1. The maximum absolute atomic E-state index is 12.7. The highest BCUT2D eigenvalue weighted by Gasteiger charge is 2.51. The second-order valence-electron chi connectivity index (χ2n) is 7.38. The van der Waals surface area contributed by atoms with Crippen LogP contribution < -0.4 is 15.4 Å². The average Bonchev–Trinajstić information content (AvgIpc) is 2.91. The molecule has 1 saturated carbocycles. The van der Waals surface area contributed by atoms with Crippen LogP contribution in [0, 0.1) is 6.92 Å². The fraction of sp³-hybridized carbons (Fsp3) is 0.500. The van der Waals surface area contributed by atoms with E-state index in [4.69, 9.17) is 9.47 Å². The molecule has 2 fully saturated rings. The summed E-state index contributed by atoms with van der Waals surface area (Å²) in [5, 5.41) is 5.34. The lowest BCUT2D eigenvalue weighted by Gasteiger charge is -2.30. The van der Waals surface area contributed by atoms with Gasteiger partial charge in [0.05, 0.1) is 12.8 Å². The molecule has 1 heterocycles. The van der Waals surface area contributed by atoms with Crippen molar-refractivity contribution in [2.24, 2.45) is 0 Å². The summed E-state index contributed by atoms with van der Waals surface area (Å²) in [4.78, 5) is 49.9. The first-order chi connectivity index (χ1) is 13.8. The Labute approximate surface area is 168 Å². The van der Waals surface area contributed by atoms with Crippen LogP contribution in [0.5, 0.6) is 5.75 Å². The molecule has 0 radical (unpaired) electrons. The number of carbonyl (C=O) groups excluding carboxylic acids is 4. The van der Waals surface area contributed by atoms with Crippen LogP contribution in [0.15, 0.2) is 18.2 Å². The van der Waals surface area contributed by atoms with Crippen molar-refractivity contribution < 1.29 is 28.7 Å². The van der Waals surface area contributed by atoms with E-state index >= 15 is 0 Å². The summed E-state index contributed by atoms with van der Waals surface area (Å²) in [5.41, 5.74) is 0.490. The van der Waals surface area contributed by atoms with E-state index in [1.165, 1.54) is 7.11 Å². The van der Waals surface area contributed by atoms with Crippen LogP contribution in [0.1, 0.15) is 37.7 Å². The van der Waals surface area contributed by atoms with Crippen LogP contribution in [0.2, 0.25) is 0 Å². The summed E-state index contributed by atoms with van der Waals surface area (Å²) in [6, 6.07) is 4.69. The lowest BCUT2D eigenvalue weighted by molar-refractivity contribution is -0.150. The number of ether oxygens (including phenoxy) is 2. The summed E-state index contributed by atoms with van der Waals surface area (Å²) >= 11 is 0. The molecule has 1 aromatic carbocycles. The number of benzene rings is 1. The molecule has 29 heavy (non-hydrogen) atoms. The molecule has 1 aliphatic carbocycles. The van der Waals surface area contributed by atoms with Crippen molar-refractivity contribution >= 4 is 29.5 Å². The van der Waals surface area contributed by atoms with E-state index in [9.17, 15) is 19.2 Å². The summed E-state index contributed by atoms with van der Waals surface area (Å²) in [5.74, 6) is -1.29. The first kappa shape index (κ1) is 20.6. The monoisotopic (exact) mass is 403 g/mol.